The molecule has 1 aromatic rings. The van der Waals surface area contributed by atoms with Crippen LogP contribution in [0, 0.1) is 5.92 Å². The number of ether oxygens (including phenoxy) is 1. The molecule has 0 aromatic carbocycles. The van der Waals surface area contributed by atoms with Crippen molar-refractivity contribution in [1.29, 1.82) is 0 Å². The Morgan fingerprint density at radius 2 is 2.05 bits per heavy atom. The smallest absolute Gasteiger partial charge is 0.0619 e. The standard InChI is InChI=1S/C17H23N3O/c18-15-6-1-3-9-17(15,19)16(13-7-11-21-12-8-13)14-5-2-4-10-20-14/h1-6,9-10,13,15-16H,7-8,11-12,18-19H2. The quantitative estimate of drug-likeness (QED) is 0.887. The van der Waals surface area contributed by atoms with Crippen LogP contribution in [-0.4, -0.2) is 29.8 Å². The van der Waals surface area contributed by atoms with Crippen molar-refractivity contribution in [1.82, 2.24) is 4.98 Å². The minimum absolute atomic E-state index is 0.110. The summed E-state index contributed by atoms with van der Waals surface area (Å²) in [6.07, 6.45) is 11.8. The summed E-state index contributed by atoms with van der Waals surface area (Å²) < 4.78 is 5.51. The Labute approximate surface area is 125 Å². The van der Waals surface area contributed by atoms with Gasteiger partial charge in [-0.3, -0.25) is 4.98 Å². The molecule has 0 spiro atoms. The molecule has 21 heavy (non-hydrogen) atoms. The number of rotatable bonds is 3. The van der Waals surface area contributed by atoms with E-state index >= 15 is 0 Å². The van der Waals surface area contributed by atoms with Crippen molar-refractivity contribution in [2.45, 2.75) is 30.3 Å². The number of pyridine rings is 1. The summed E-state index contributed by atoms with van der Waals surface area (Å²) in [5.74, 6) is 0.555. The minimum atomic E-state index is -0.592. The third-order valence-corrected chi connectivity index (χ3v) is 4.67. The Bertz CT molecular complexity index is 522. The van der Waals surface area contributed by atoms with Gasteiger partial charge in [0.1, 0.15) is 0 Å². The first kappa shape index (κ1) is 14.4. The van der Waals surface area contributed by atoms with Crippen LogP contribution in [0.4, 0.5) is 0 Å². The normalized spacial score (nSPS) is 31.2. The van der Waals surface area contributed by atoms with Gasteiger partial charge in [-0.05, 0) is 30.9 Å². The number of nitrogens with zero attached hydrogens (tertiary/aromatic N) is 1. The van der Waals surface area contributed by atoms with E-state index in [0.29, 0.717) is 5.92 Å². The summed E-state index contributed by atoms with van der Waals surface area (Å²) in [5.41, 5.74) is 13.5. The van der Waals surface area contributed by atoms with Gasteiger partial charge in [0, 0.05) is 37.1 Å². The number of hydrogen-bond donors (Lipinski definition) is 2. The van der Waals surface area contributed by atoms with Gasteiger partial charge in [-0.1, -0.05) is 30.4 Å². The van der Waals surface area contributed by atoms with Gasteiger partial charge < -0.3 is 16.2 Å². The fourth-order valence-electron chi connectivity index (χ4n) is 3.51. The first-order valence-corrected chi connectivity index (χ1v) is 7.61. The predicted molar refractivity (Wildman–Crippen MR) is 83.7 cm³/mol. The van der Waals surface area contributed by atoms with Crippen LogP contribution in [0.5, 0.6) is 0 Å². The molecule has 3 atom stereocenters. The van der Waals surface area contributed by atoms with E-state index in [-0.39, 0.29) is 12.0 Å². The van der Waals surface area contributed by atoms with E-state index in [1.165, 1.54) is 0 Å². The van der Waals surface area contributed by atoms with Gasteiger partial charge in [0.25, 0.3) is 0 Å². The zero-order chi connectivity index (χ0) is 14.7. The zero-order valence-corrected chi connectivity index (χ0v) is 12.2. The summed E-state index contributed by atoms with van der Waals surface area (Å²) in [6, 6.07) is 5.82. The Hall–Kier alpha value is -1.49. The predicted octanol–water partition coefficient (Wildman–Crippen LogP) is 1.74. The molecule has 3 unspecified atom stereocenters. The average molecular weight is 285 g/mol. The van der Waals surface area contributed by atoms with E-state index in [1.54, 1.807) is 0 Å². The van der Waals surface area contributed by atoms with E-state index in [9.17, 15) is 0 Å². The van der Waals surface area contributed by atoms with E-state index in [4.69, 9.17) is 16.2 Å². The molecule has 112 valence electrons. The molecule has 1 fully saturated rings. The van der Waals surface area contributed by atoms with Gasteiger partial charge in [0.05, 0.1) is 5.54 Å². The highest BCUT2D eigenvalue weighted by Crippen LogP contribution is 2.41. The van der Waals surface area contributed by atoms with E-state index in [2.05, 4.69) is 11.1 Å². The maximum Gasteiger partial charge on any atom is 0.0619 e. The first-order valence-electron chi connectivity index (χ1n) is 7.61. The maximum absolute atomic E-state index is 6.77. The molecule has 2 heterocycles. The maximum atomic E-state index is 6.77. The van der Waals surface area contributed by atoms with Crippen molar-refractivity contribution in [3.63, 3.8) is 0 Å². The van der Waals surface area contributed by atoms with E-state index < -0.39 is 5.54 Å². The molecule has 3 rings (SSSR count). The summed E-state index contributed by atoms with van der Waals surface area (Å²) >= 11 is 0. The van der Waals surface area contributed by atoms with Gasteiger partial charge in [-0.25, -0.2) is 0 Å². The summed E-state index contributed by atoms with van der Waals surface area (Å²) in [7, 11) is 0. The first-order chi connectivity index (χ1) is 10.2. The molecule has 0 saturated carbocycles. The molecule has 1 aromatic heterocycles. The number of hydrogen-bond acceptors (Lipinski definition) is 4. The Morgan fingerprint density at radius 1 is 1.24 bits per heavy atom. The fraction of sp³-hybridized carbons (Fsp3) is 0.471. The van der Waals surface area contributed by atoms with Crippen molar-refractivity contribution in [3.8, 4) is 0 Å². The molecule has 1 aliphatic carbocycles. The topological polar surface area (TPSA) is 74.2 Å². The highest BCUT2D eigenvalue weighted by atomic mass is 16.5. The van der Waals surface area contributed by atoms with Crippen molar-refractivity contribution in [2.24, 2.45) is 17.4 Å². The summed E-state index contributed by atoms with van der Waals surface area (Å²) in [4.78, 5) is 4.57. The lowest BCUT2D eigenvalue weighted by Gasteiger charge is -2.44. The average Bonchev–Trinajstić information content (AvgIpc) is 2.53. The van der Waals surface area contributed by atoms with Crippen LogP contribution in [0.25, 0.3) is 0 Å². The van der Waals surface area contributed by atoms with Crippen molar-refractivity contribution in [3.05, 3.63) is 54.4 Å². The van der Waals surface area contributed by atoms with E-state index in [1.807, 2.05) is 42.6 Å². The molecule has 0 bridgehead atoms. The van der Waals surface area contributed by atoms with Gasteiger partial charge >= 0.3 is 0 Å². The van der Waals surface area contributed by atoms with Crippen LogP contribution in [0.3, 0.4) is 0 Å². The lowest BCUT2D eigenvalue weighted by atomic mass is 9.67. The lowest BCUT2D eigenvalue weighted by molar-refractivity contribution is 0.0485. The molecular weight excluding hydrogens is 262 g/mol. The van der Waals surface area contributed by atoms with Gasteiger partial charge in [0.15, 0.2) is 0 Å². The molecule has 4 nitrogen and oxygen atoms in total. The lowest BCUT2D eigenvalue weighted by Crippen LogP contribution is -2.59. The molecule has 2 aliphatic rings. The van der Waals surface area contributed by atoms with Gasteiger partial charge in [0.2, 0.25) is 0 Å². The zero-order valence-electron chi connectivity index (χ0n) is 12.2. The third kappa shape index (κ3) is 2.79. The molecule has 0 radical (unpaired) electrons. The Morgan fingerprint density at radius 3 is 2.71 bits per heavy atom. The van der Waals surface area contributed by atoms with Gasteiger partial charge in [-0.15, -0.1) is 0 Å². The summed E-state index contributed by atoms with van der Waals surface area (Å²) in [5, 5.41) is 0. The van der Waals surface area contributed by atoms with Crippen LogP contribution in [-0.2, 0) is 4.74 Å². The molecule has 1 saturated heterocycles. The van der Waals surface area contributed by atoms with Crippen molar-refractivity contribution < 1.29 is 4.74 Å². The van der Waals surface area contributed by atoms with Crippen molar-refractivity contribution in [2.75, 3.05) is 13.2 Å². The second kappa shape index (κ2) is 6.10. The second-order valence-electron chi connectivity index (χ2n) is 5.95. The molecule has 4 N–H and O–H groups in total. The second-order valence-corrected chi connectivity index (χ2v) is 5.95. The Kier molecular flexibility index (Phi) is 4.19. The minimum Gasteiger partial charge on any atom is -0.381 e. The fourth-order valence-corrected chi connectivity index (χ4v) is 3.51. The highest BCUT2D eigenvalue weighted by molar-refractivity contribution is 5.34. The van der Waals surface area contributed by atoms with Crippen molar-refractivity contribution >= 4 is 0 Å². The molecular formula is C17H23N3O. The highest BCUT2D eigenvalue weighted by Gasteiger charge is 2.44. The monoisotopic (exact) mass is 285 g/mol. The SMILES string of the molecule is NC1C=CC=CC1(N)C(c1ccccn1)C1CCOCC1. The number of allylic oxidation sites excluding steroid dienone is 2. The molecule has 0 amide bonds. The van der Waals surface area contributed by atoms with Crippen LogP contribution in [0.15, 0.2) is 48.7 Å². The van der Waals surface area contributed by atoms with Crippen LogP contribution in [0.1, 0.15) is 24.5 Å². The van der Waals surface area contributed by atoms with Crippen LogP contribution in [0.2, 0.25) is 0 Å². The van der Waals surface area contributed by atoms with Gasteiger partial charge in [-0.2, -0.15) is 0 Å². The van der Waals surface area contributed by atoms with E-state index in [0.717, 1.165) is 31.7 Å². The summed E-state index contributed by atoms with van der Waals surface area (Å²) in [6.45, 7) is 1.58. The number of nitrogens with two attached hydrogens (primary N) is 2. The molecule has 4 heteroatoms. The number of aromatic nitrogens is 1. The van der Waals surface area contributed by atoms with Crippen LogP contribution < -0.4 is 11.5 Å². The van der Waals surface area contributed by atoms with Crippen LogP contribution >= 0.6 is 0 Å². The third-order valence-electron chi connectivity index (χ3n) is 4.67. The Balaban J connectivity index is 1.99. The largest absolute Gasteiger partial charge is 0.381 e. The molecule has 1 aliphatic heterocycles.